The molecule has 0 saturated heterocycles. The Hall–Kier alpha value is -3.04. The Morgan fingerprint density at radius 3 is 2.58 bits per heavy atom. The van der Waals surface area contributed by atoms with Crippen molar-refractivity contribution in [2.24, 2.45) is 7.05 Å². The van der Waals surface area contributed by atoms with Gasteiger partial charge in [-0.3, -0.25) is 4.79 Å². The van der Waals surface area contributed by atoms with E-state index < -0.39 is 5.97 Å². The molecule has 3 rings (SSSR count). The van der Waals surface area contributed by atoms with Gasteiger partial charge in [0, 0.05) is 14.1 Å². The minimum absolute atomic E-state index is 0.114. The van der Waals surface area contributed by atoms with Crippen molar-refractivity contribution in [3.8, 4) is 5.75 Å². The molecular weight excluding hydrogens is 440 g/mol. The highest BCUT2D eigenvalue weighted by Gasteiger charge is 2.20. The van der Waals surface area contributed by atoms with Crippen molar-refractivity contribution in [2.75, 3.05) is 24.8 Å². The van der Waals surface area contributed by atoms with E-state index >= 15 is 0 Å². The van der Waals surface area contributed by atoms with Crippen LogP contribution in [0.15, 0.2) is 53.7 Å². The molecule has 0 atom stereocenters. The summed E-state index contributed by atoms with van der Waals surface area (Å²) >= 11 is 7.34. The molecule has 1 heterocycles. The molecule has 0 bridgehead atoms. The van der Waals surface area contributed by atoms with Crippen LogP contribution in [-0.4, -0.2) is 46.6 Å². The number of hydrogen-bond donors (Lipinski definition) is 0. The molecule has 0 unspecified atom stereocenters. The van der Waals surface area contributed by atoms with Crippen LogP contribution in [0, 0.1) is 0 Å². The van der Waals surface area contributed by atoms with Gasteiger partial charge in [0.25, 0.3) is 0 Å². The Morgan fingerprint density at radius 1 is 1.13 bits per heavy atom. The highest BCUT2D eigenvalue weighted by molar-refractivity contribution is 7.99. The largest absolute Gasteiger partial charge is 0.484 e. The second-order valence-electron chi connectivity index (χ2n) is 6.43. The van der Waals surface area contributed by atoms with Gasteiger partial charge in [0.1, 0.15) is 12.4 Å². The predicted molar refractivity (Wildman–Crippen MR) is 119 cm³/mol. The van der Waals surface area contributed by atoms with Gasteiger partial charge in [-0.25, -0.2) is 4.79 Å². The van der Waals surface area contributed by atoms with Crippen LogP contribution in [0.1, 0.15) is 16.2 Å². The van der Waals surface area contributed by atoms with E-state index in [4.69, 9.17) is 21.1 Å². The fourth-order valence-corrected chi connectivity index (χ4v) is 3.74. The highest BCUT2D eigenvalue weighted by atomic mass is 35.5. The van der Waals surface area contributed by atoms with E-state index in [1.807, 2.05) is 12.1 Å². The SMILES string of the molecule is COC(=O)c1ccccc1N(C)C(=O)CSc1nnc(COc2ccccc2Cl)n1C. The lowest BCUT2D eigenvalue weighted by atomic mass is 10.1. The van der Waals surface area contributed by atoms with Crippen LogP contribution in [0.25, 0.3) is 0 Å². The first-order valence-corrected chi connectivity index (χ1v) is 10.6. The summed E-state index contributed by atoms with van der Waals surface area (Å²) in [5.41, 5.74) is 0.801. The first-order chi connectivity index (χ1) is 14.9. The molecule has 0 fully saturated rings. The van der Waals surface area contributed by atoms with Crippen molar-refractivity contribution in [3.05, 3.63) is 64.9 Å². The van der Waals surface area contributed by atoms with Crippen LogP contribution in [0.3, 0.4) is 0 Å². The second-order valence-corrected chi connectivity index (χ2v) is 7.78. The van der Waals surface area contributed by atoms with Crippen LogP contribution < -0.4 is 9.64 Å². The van der Waals surface area contributed by atoms with Crippen LogP contribution >= 0.6 is 23.4 Å². The smallest absolute Gasteiger partial charge is 0.339 e. The molecule has 0 radical (unpaired) electrons. The fraction of sp³-hybridized carbons (Fsp3) is 0.238. The van der Waals surface area contributed by atoms with Crippen molar-refractivity contribution in [1.29, 1.82) is 0 Å². The Kier molecular flexibility index (Phi) is 7.54. The lowest BCUT2D eigenvalue weighted by Gasteiger charge is -2.19. The number of anilines is 1. The number of benzene rings is 2. The quantitative estimate of drug-likeness (QED) is 0.375. The number of carbonyl (C=O) groups excluding carboxylic acids is 2. The number of methoxy groups -OCH3 is 1. The number of rotatable bonds is 8. The van der Waals surface area contributed by atoms with Gasteiger partial charge >= 0.3 is 5.97 Å². The van der Waals surface area contributed by atoms with Crippen molar-refractivity contribution in [3.63, 3.8) is 0 Å². The van der Waals surface area contributed by atoms with E-state index in [0.717, 1.165) is 0 Å². The fourth-order valence-electron chi connectivity index (χ4n) is 2.71. The molecule has 10 heteroatoms. The van der Waals surface area contributed by atoms with E-state index in [1.54, 1.807) is 55.1 Å². The molecule has 2 aromatic carbocycles. The van der Waals surface area contributed by atoms with Gasteiger partial charge in [-0.15, -0.1) is 10.2 Å². The van der Waals surface area contributed by atoms with E-state index in [-0.39, 0.29) is 18.3 Å². The molecule has 0 aliphatic carbocycles. The average Bonchev–Trinajstić information content (AvgIpc) is 3.15. The Bertz CT molecular complexity index is 1090. The molecule has 0 saturated carbocycles. The summed E-state index contributed by atoms with van der Waals surface area (Å²) in [6, 6.07) is 14.0. The van der Waals surface area contributed by atoms with Crippen molar-refractivity contribution < 1.29 is 19.1 Å². The zero-order chi connectivity index (χ0) is 22.4. The van der Waals surface area contributed by atoms with Crippen molar-refractivity contribution >= 4 is 40.9 Å². The summed E-state index contributed by atoms with van der Waals surface area (Å²) in [5, 5.41) is 9.34. The number of amides is 1. The summed E-state index contributed by atoms with van der Waals surface area (Å²) < 4.78 is 12.3. The zero-order valence-corrected chi connectivity index (χ0v) is 18.8. The molecule has 0 aliphatic rings. The van der Waals surface area contributed by atoms with E-state index in [2.05, 4.69) is 10.2 Å². The standard InChI is InChI=1S/C21H21ClN4O4S/c1-25(16-10-6-4-8-14(16)20(28)29-3)19(27)13-31-21-24-23-18(26(21)2)12-30-17-11-7-5-9-15(17)22/h4-11H,12-13H2,1-3H3. The number of esters is 1. The van der Waals surface area contributed by atoms with Crippen LogP contribution in [0.2, 0.25) is 5.02 Å². The monoisotopic (exact) mass is 460 g/mol. The van der Waals surface area contributed by atoms with Gasteiger partial charge < -0.3 is 18.9 Å². The topological polar surface area (TPSA) is 86.6 Å². The average molecular weight is 461 g/mol. The summed E-state index contributed by atoms with van der Waals surface area (Å²) in [6.45, 7) is 0.189. The number of hydrogen-bond acceptors (Lipinski definition) is 7. The summed E-state index contributed by atoms with van der Waals surface area (Å²) in [5.74, 6) is 0.572. The molecule has 31 heavy (non-hydrogen) atoms. The number of thioether (sulfide) groups is 1. The third-order valence-corrected chi connectivity index (χ3v) is 5.81. The molecular formula is C21H21ClN4O4S. The molecule has 8 nitrogen and oxygen atoms in total. The van der Waals surface area contributed by atoms with E-state index in [1.165, 1.54) is 23.8 Å². The molecule has 0 aliphatic heterocycles. The molecule has 1 amide bonds. The zero-order valence-electron chi connectivity index (χ0n) is 17.2. The summed E-state index contributed by atoms with van der Waals surface area (Å²) in [7, 11) is 4.72. The van der Waals surface area contributed by atoms with Crippen LogP contribution in [0.4, 0.5) is 5.69 Å². The van der Waals surface area contributed by atoms with Crippen molar-refractivity contribution in [2.45, 2.75) is 11.8 Å². The van der Waals surface area contributed by atoms with Gasteiger partial charge in [0.05, 0.1) is 29.1 Å². The number of nitrogens with zero attached hydrogens (tertiary/aromatic N) is 4. The maximum absolute atomic E-state index is 12.7. The number of para-hydroxylation sites is 2. The van der Waals surface area contributed by atoms with Crippen LogP contribution in [0.5, 0.6) is 5.75 Å². The third-order valence-electron chi connectivity index (χ3n) is 4.49. The predicted octanol–water partition coefficient (Wildman–Crippen LogP) is 3.59. The maximum atomic E-state index is 12.7. The number of aromatic nitrogens is 3. The van der Waals surface area contributed by atoms with Crippen LogP contribution in [-0.2, 0) is 23.2 Å². The van der Waals surface area contributed by atoms with Gasteiger partial charge in [-0.1, -0.05) is 47.6 Å². The molecule has 0 N–H and O–H groups in total. The summed E-state index contributed by atoms with van der Waals surface area (Å²) in [6.07, 6.45) is 0. The lowest BCUT2D eigenvalue weighted by Crippen LogP contribution is -2.29. The van der Waals surface area contributed by atoms with Gasteiger partial charge in [-0.2, -0.15) is 0 Å². The minimum atomic E-state index is -0.501. The normalized spacial score (nSPS) is 10.6. The van der Waals surface area contributed by atoms with Gasteiger partial charge in [0.2, 0.25) is 5.91 Å². The first-order valence-electron chi connectivity index (χ1n) is 9.24. The number of halogens is 1. The third kappa shape index (κ3) is 5.36. The molecule has 1 aromatic heterocycles. The van der Waals surface area contributed by atoms with E-state index in [0.29, 0.717) is 33.0 Å². The first kappa shape index (κ1) is 22.6. The summed E-state index contributed by atoms with van der Waals surface area (Å²) in [4.78, 5) is 26.1. The lowest BCUT2D eigenvalue weighted by molar-refractivity contribution is -0.115. The molecule has 162 valence electrons. The Balaban J connectivity index is 1.62. The van der Waals surface area contributed by atoms with E-state index in [9.17, 15) is 9.59 Å². The van der Waals surface area contributed by atoms with Gasteiger partial charge in [-0.05, 0) is 24.3 Å². The van der Waals surface area contributed by atoms with Crippen molar-refractivity contribution in [1.82, 2.24) is 14.8 Å². The minimum Gasteiger partial charge on any atom is -0.484 e. The Labute approximate surface area is 189 Å². The molecule has 0 spiro atoms. The molecule has 3 aromatic rings. The Morgan fingerprint density at radius 2 is 1.84 bits per heavy atom. The highest BCUT2D eigenvalue weighted by Crippen LogP contribution is 2.25. The number of ether oxygens (including phenoxy) is 2. The van der Waals surface area contributed by atoms with Gasteiger partial charge in [0.15, 0.2) is 11.0 Å². The maximum Gasteiger partial charge on any atom is 0.339 e. The number of carbonyl (C=O) groups is 2. The second kappa shape index (κ2) is 10.3.